The van der Waals surface area contributed by atoms with Gasteiger partial charge in [0.05, 0.1) is 13.2 Å². The lowest BCUT2D eigenvalue weighted by Crippen LogP contribution is -2.51. The Kier molecular flexibility index (Phi) is 9.01. The molecule has 0 bridgehead atoms. The number of rotatable bonds is 5. The molecule has 6 unspecified atom stereocenters. The molecule has 47 heavy (non-hydrogen) atoms. The predicted molar refractivity (Wildman–Crippen MR) is 184 cm³/mol. The van der Waals surface area contributed by atoms with Gasteiger partial charge >= 0.3 is 0 Å². The minimum absolute atomic E-state index is 0.155. The highest BCUT2D eigenvalue weighted by atomic mass is 16.7. The summed E-state index contributed by atoms with van der Waals surface area (Å²) in [5.41, 5.74) is 4.86. The van der Waals surface area contributed by atoms with E-state index in [0.717, 1.165) is 77.6 Å². The van der Waals surface area contributed by atoms with E-state index in [1.165, 1.54) is 56.2 Å². The van der Waals surface area contributed by atoms with Crippen LogP contribution in [0, 0.1) is 35.0 Å². The van der Waals surface area contributed by atoms with Crippen molar-refractivity contribution in [2.24, 2.45) is 23.2 Å². The highest BCUT2D eigenvalue weighted by Crippen LogP contribution is 2.67. The second kappa shape index (κ2) is 13.1. The fourth-order valence-corrected chi connectivity index (χ4v) is 11.3. The Labute approximate surface area is 282 Å². The van der Waals surface area contributed by atoms with E-state index in [-0.39, 0.29) is 17.5 Å². The molecular formula is C41H57NO5. The molecule has 1 spiro atoms. The number of benzene rings is 1. The molecule has 6 fully saturated rings. The first-order valence-electron chi connectivity index (χ1n) is 19.2. The first-order valence-corrected chi connectivity index (χ1v) is 19.2. The van der Waals surface area contributed by atoms with Crippen molar-refractivity contribution in [2.75, 3.05) is 38.4 Å². The van der Waals surface area contributed by atoms with Crippen LogP contribution in [0.25, 0.3) is 0 Å². The molecule has 5 aliphatic carbocycles. The molecule has 0 amide bonds. The van der Waals surface area contributed by atoms with E-state index in [9.17, 15) is 5.11 Å². The third-order valence-electron chi connectivity index (χ3n) is 13.9. The van der Waals surface area contributed by atoms with Gasteiger partial charge in [0, 0.05) is 49.6 Å². The van der Waals surface area contributed by atoms with Crippen LogP contribution in [0.5, 0.6) is 0 Å². The number of nitrogens with zero attached hydrogens (tertiary/aromatic N) is 1. The fraction of sp³-hybridized carbons (Fsp3) is 0.756. The molecule has 1 aromatic rings. The van der Waals surface area contributed by atoms with Gasteiger partial charge in [-0.05, 0) is 106 Å². The number of hydrogen-bond donors (Lipinski definition) is 1. The Balaban J connectivity index is 1.10. The van der Waals surface area contributed by atoms with Gasteiger partial charge in [-0.2, -0.15) is 0 Å². The summed E-state index contributed by atoms with van der Waals surface area (Å²) in [5.74, 6) is 8.11. The van der Waals surface area contributed by atoms with Gasteiger partial charge in [-0.15, -0.1) is 0 Å². The van der Waals surface area contributed by atoms with E-state index in [0.29, 0.717) is 36.3 Å². The molecule has 1 aromatic carbocycles. The molecule has 8 rings (SSSR count). The average Bonchev–Trinajstić information content (AvgIpc) is 3.67. The minimum atomic E-state index is -1.01. The molecule has 7 atom stereocenters. The van der Waals surface area contributed by atoms with E-state index in [2.05, 4.69) is 55.0 Å². The Morgan fingerprint density at radius 2 is 1.68 bits per heavy atom. The smallest absolute Gasteiger partial charge is 0.169 e. The van der Waals surface area contributed by atoms with Crippen molar-refractivity contribution in [1.29, 1.82) is 0 Å². The van der Waals surface area contributed by atoms with Gasteiger partial charge in [-0.3, -0.25) is 0 Å². The maximum Gasteiger partial charge on any atom is 0.169 e. The number of hydrogen-bond acceptors (Lipinski definition) is 6. The summed E-state index contributed by atoms with van der Waals surface area (Å²) >= 11 is 0. The number of fused-ring (bicyclic) bond motifs is 4. The molecule has 6 nitrogen and oxygen atoms in total. The SMILES string of the molecule is CN(c1ccc(C2CC3(C)C(CC[C@@]3(O)C#CCOC3CCCCO3)C3CCC4CC5(CCC4=C23)OCCO5)cc1)C1CCCCC1. The van der Waals surface area contributed by atoms with E-state index in [1.54, 1.807) is 11.1 Å². The summed E-state index contributed by atoms with van der Waals surface area (Å²) in [7, 11) is 2.29. The number of allylic oxidation sites excluding steroid dienone is 2. The molecule has 1 N–H and O–H groups in total. The lowest BCUT2D eigenvalue weighted by Gasteiger charge is -2.55. The number of ether oxygens (including phenoxy) is 4. The van der Waals surface area contributed by atoms with Crippen LogP contribution in [0.2, 0.25) is 0 Å². The van der Waals surface area contributed by atoms with Crippen LogP contribution in [-0.4, -0.2) is 62.3 Å². The first-order chi connectivity index (χ1) is 22.9. The highest BCUT2D eigenvalue weighted by Gasteiger charge is 2.63. The molecule has 7 aliphatic rings. The maximum absolute atomic E-state index is 12.5. The maximum atomic E-state index is 12.5. The lowest BCUT2D eigenvalue weighted by atomic mass is 9.50. The van der Waals surface area contributed by atoms with E-state index < -0.39 is 5.60 Å². The van der Waals surface area contributed by atoms with Crippen LogP contribution < -0.4 is 4.90 Å². The van der Waals surface area contributed by atoms with Gasteiger partial charge in [0.1, 0.15) is 12.2 Å². The van der Waals surface area contributed by atoms with Crippen molar-refractivity contribution < 1.29 is 24.1 Å². The topological polar surface area (TPSA) is 60.4 Å². The van der Waals surface area contributed by atoms with Crippen LogP contribution in [0.4, 0.5) is 5.69 Å². The molecule has 2 saturated heterocycles. The van der Waals surface area contributed by atoms with E-state index in [4.69, 9.17) is 18.9 Å². The van der Waals surface area contributed by atoms with Crippen LogP contribution >= 0.6 is 0 Å². The molecule has 0 aromatic heterocycles. The quantitative estimate of drug-likeness (QED) is 0.260. The summed E-state index contributed by atoms with van der Waals surface area (Å²) in [6.07, 6.45) is 17.8. The summed E-state index contributed by atoms with van der Waals surface area (Å²) in [6, 6.07) is 10.2. The van der Waals surface area contributed by atoms with Gasteiger partial charge < -0.3 is 29.0 Å². The van der Waals surface area contributed by atoms with Gasteiger partial charge in [0.25, 0.3) is 0 Å². The largest absolute Gasteiger partial charge is 0.377 e. The normalized spacial score (nSPS) is 38.3. The highest BCUT2D eigenvalue weighted by molar-refractivity contribution is 5.51. The van der Waals surface area contributed by atoms with Crippen molar-refractivity contribution >= 4 is 5.69 Å². The Bertz CT molecular complexity index is 1360. The molecule has 4 saturated carbocycles. The second-order valence-corrected chi connectivity index (χ2v) is 16.3. The van der Waals surface area contributed by atoms with Crippen LogP contribution in [0.1, 0.15) is 121 Å². The molecule has 0 radical (unpaired) electrons. The first kappa shape index (κ1) is 32.3. The van der Waals surface area contributed by atoms with Crippen LogP contribution in [0.15, 0.2) is 35.4 Å². The Morgan fingerprint density at radius 1 is 0.894 bits per heavy atom. The zero-order chi connectivity index (χ0) is 32.1. The van der Waals surface area contributed by atoms with Crippen LogP contribution in [0.3, 0.4) is 0 Å². The molecule has 256 valence electrons. The average molecular weight is 644 g/mol. The molecule has 2 aliphatic heterocycles. The van der Waals surface area contributed by atoms with Gasteiger partial charge in [0.15, 0.2) is 12.1 Å². The number of aliphatic hydroxyl groups is 1. The minimum Gasteiger partial charge on any atom is -0.377 e. The monoisotopic (exact) mass is 643 g/mol. The van der Waals surface area contributed by atoms with E-state index >= 15 is 0 Å². The van der Waals surface area contributed by atoms with Crippen LogP contribution in [-0.2, 0) is 18.9 Å². The van der Waals surface area contributed by atoms with Gasteiger partial charge in [-0.25, -0.2) is 0 Å². The summed E-state index contributed by atoms with van der Waals surface area (Å²) in [4.78, 5) is 2.52. The summed E-state index contributed by atoms with van der Waals surface area (Å²) in [6.45, 7) is 4.91. The standard InChI is InChI=1S/C41H57NO5/c1-39-28-35(29-12-15-32(16-13-29)42(2)31-9-4-3-5-10-31)38-33-18-22-41(46-25-26-47-41)27-30(33)14-17-34(38)36(39)19-21-40(39,43)20-8-24-45-37-11-6-7-23-44-37/h12-13,15-16,30-31,34-37,43H,3-7,9-11,14,17-19,21-28H2,1-2H3/t30?,34?,35?,36?,37?,39?,40-/m0/s1. The Morgan fingerprint density at radius 3 is 2.45 bits per heavy atom. The molecule has 2 heterocycles. The zero-order valence-electron chi connectivity index (χ0n) is 28.9. The fourth-order valence-electron chi connectivity index (χ4n) is 11.3. The number of anilines is 1. The Hall–Kier alpha value is -1.88. The summed E-state index contributed by atoms with van der Waals surface area (Å²) in [5, 5.41) is 12.5. The van der Waals surface area contributed by atoms with Crippen molar-refractivity contribution in [1.82, 2.24) is 0 Å². The molecular weight excluding hydrogens is 586 g/mol. The van der Waals surface area contributed by atoms with Crippen molar-refractivity contribution in [3.05, 3.63) is 41.0 Å². The second-order valence-electron chi connectivity index (χ2n) is 16.3. The lowest BCUT2D eigenvalue weighted by molar-refractivity contribution is -0.181. The third-order valence-corrected chi connectivity index (χ3v) is 13.9. The van der Waals surface area contributed by atoms with Gasteiger partial charge in [0.2, 0.25) is 0 Å². The predicted octanol–water partition coefficient (Wildman–Crippen LogP) is 7.89. The van der Waals surface area contributed by atoms with Crippen molar-refractivity contribution in [2.45, 2.75) is 139 Å². The molecule has 6 heteroatoms. The van der Waals surface area contributed by atoms with Crippen molar-refractivity contribution in [3.63, 3.8) is 0 Å². The van der Waals surface area contributed by atoms with Crippen molar-refractivity contribution in [3.8, 4) is 11.8 Å². The third kappa shape index (κ3) is 5.91. The van der Waals surface area contributed by atoms with E-state index in [1.807, 2.05) is 0 Å². The summed E-state index contributed by atoms with van der Waals surface area (Å²) < 4.78 is 24.2. The van der Waals surface area contributed by atoms with Gasteiger partial charge in [-0.1, -0.05) is 61.3 Å². The zero-order valence-corrected chi connectivity index (χ0v) is 28.9.